The molecule has 0 saturated carbocycles. The molecule has 2 N–H and O–H groups in total. The van der Waals surface area contributed by atoms with Crippen molar-refractivity contribution in [3.05, 3.63) is 16.6 Å². The van der Waals surface area contributed by atoms with Crippen LogP contribution in [0.4, 0.5) is 4.79 Å². The molecule has 82 valence electrons. The Kier molecular flexibility index (Phi) is 3.41. The van der Waals surface area contributed by atoms with E-state index in [-0.39, 0.29) is 5.84 Å². The number of thiazole rings is 1. The molecule has 0 aromatic carbocycles. The number of amidine groups is 1. The third-order valence-electron chi connectivity index (χ3n) is 1.27. The SMILES string of the molecule is CC(C)(C)OC(=O)NC(=N)c1nccs1. The largest absolute Gasteiger partial charge is 0.444 e. The number of carbonyl (C=O) groups excluding carboxylic acids is 1. The number of hydrogen-bond donors (Lipinski definition) is 2. The monoisotopic (exact) mass is 227 g/mol. The Hall–Kier alpha value is -1.43. The van der Waals surface area contributed by atoms with Gasteiger partial charge in [-0.25, -0.2) is 9.78 Å². The van der Waals surface area contributed by atoms with Gasteiger partial charge in [0.15, 0.2) is 10.8 Å². The average molecular weight is 227 g/mol. The van der Waals surface area contributed by atoms with Crippen LogP contribution in [0.5, 0.6) is 0 Å². The molecule has 1 amide bonds. The third-order valence-corrected chi connectivity index (χ3v) is 2.06. The van der Waals surface area contributed by atoms with Crippen molar-refractivity contribution in [2.75, 3.05) is 0 Å². The van der Waals surface area contributed by atoms with Crippen molar-refractivity contribution >= 4 is 23.3 Å². The van der Waals surface area contributed by atoms with Gasteiger partial charge in [-0.2, -0.15) is 0 Å². The fraction of sp³-hybridized carbons (Fsp3) is 0.444. The molecule has 0 aliphatic carbocycles. The lowest BCUT2D eigenvalue weighted by Crippen LogP contribution is -2.36. The van der Waals surface area contributed by atoms with Gasteiger partial charge in [0.1, 0.15) is 5.60 Å². The van der Waals surface area contributed by atoms with Gasteiger partial charge in [-0.1, -0.05) is 0 Å². The van der Waals surface area contributed by atoms with Crippen molar-refractivity contribution in [1.29, 1.82) is 5.41 Å². The Morgan fingerprint density at radius 1 is 1.60 bits per heavy atom. The highest BCUT2D eigenvalue weighted by atomic mass is 32.1. The molecule has 0 aliphatic rings. The third kappa shape index (κ3) is 4.07. The molecule has 0 spiro atoms. The van der Waals surface area contributed by atoms with Crippen LogP contribution in [0.15, 0.2) is 11.6 Å². The van der Waals surface area contributed by atoms with Gasteiger partial charge in [0.05, 0.1) is 0 Å². The van der Waals surface area contributed by atoms with E-state index in [4.69, 9.17) is 10.1 Å². The smallest absolute Gasteiger partial charge is 0.413 e. The van der Waals surface area contributed by atoms with Gasteiger partial charge in [0, 0.05) is 11.6 Å². The zero-order valence-electron chi connectivity index (χ0n) is 8.83. The molecule has 15 heavy (non-hydrogen) atoms. The molecule has 0 fully saturated rings. The normalized spacial score (nSPS) is 10.9. The Balaban J connectivity index is 2.50. The molecule has 6 heteroatoms. The summed E-state index contributed by atoms with van der Waals surface area (Å²) in [5, 5.41) is 12.0. The number of nitrogens with zero attached hydrogens (tertiary/aromatic N) is 1. The van der Waals surface area contributed by atoms with Crippen LogP contribution in [0, 0.1) is 5.41 Å². The second-order valence-corrected chi connectivity index (χ2v) is 4.73. The maximum Gasteiger partial charge on any atom is 0.413 e. The first kappa shape index (κ1) is 11.6. The molecule has 0 unspecified atom stereocenters. The molecule has 0 aliphatic heterocycles. The van der Waals surface area contributed by atoms with Crippen molar-refractivity contribution in [1.82, 2.24) is 10.3 Å². The number of ether oxygens (including phenoxy) is 1. The maximum atomic E-state index is 11.3. The van der Waals surface area contributed by atoms with Gasteiger partial charge in [-0.15, -0.1) is 11.3 Å². The Bertz CT molecular complexity index is 354. The average Bonchev–Trinajstić information content (AvgIpc) is 2.50. The highest BCUT2D eigenvalue weighted by Gasteiger charge is 2.17. The van der Waals surface area contributed by atoms with E-state index in [1.165, 1.54) is 11.3 Å². The number of aromatic nitrogens is 1. The van der Waals surface area contributed by atoms with Crippen molar-refractivity contribution in [3.63, 3.8) is 0 Å². The lowest BCUT2D eigenvalue weighted by Gasteiger charge is -2.19. The van der Waals surface area contributed by atoms with Crippen LogP contribution in [-0.4, -0.2) is 22.5 Å². The summed E-state index contributed by atoms with van der Waals surface area (Å²) in [7, 11) is 0. The Labute approximate surface area is 92.0 Å². The van der Waals surface area contributed by atoms with E-state index in [1.54, 1.807) is 32.3 Å². The first-order valence-electron chi connectivity index (χ1n) is 4.37. The van der Waals surface area contributed by atoms with Gasteiger partial charge in [0.2, 0.25) is 0 Å². The van der Waals surface area contributed by atoms with E-state index >= 15 is 0 Å². The van der Waals surface area contributed by atoms with E-state index in [0.29, 0.717) is 5.01 Å². The van der Waals surface area contributed by atoms with Gasteiger partial charge in [-0.05, 0) is 20.8 Å². The number of hydrogen-bond acceptors (Lipinski definition) is 5. The van der Waals surface area contributed by atoms with E-state index in [9.17, 15) is 4.79 Å². The number of nitrogens with one attached hydrogen (secondary N) is 2. The van der Waals surface area contributed by atoms with E-state index in [0.717, 1.165) is 0 Å². The zero-order chi connectivity index (χ0) is 11.5. The predicted octanol–water partition coefficient (Wildman–Crippen LogP) is 1.99. The molecule has 0 saturated heterocycles. The fourth-order valence-corrected chi connectivity index (χ4v) is 1.35. The van der Waals surface area contributed by atoms with Crippen LogP contribution in [0.3, 0.4) is 0 Å². The lowest BCUT2D eigenvalue weighted by atomic mass is 10.2. The summed E-state index contributed by atoms with van der Waals surface area (Å²) in [6.45, 7) is 5.29. The molecule has 0 atom stereocenters. The van der Waals surface area contributed by atoms with Gasteiger partial charge in [0.25, 0.3) is 0 Å². The molecule has 1 heterocycles. The minimum Gasteiger partial charge on any atom is -0.444 e. The topological polar surface area (TPSA) is 75.1 Å². The summed E-state index contributed by atoms with van der Waals surface area (Å²) in [6.07, 6.45) is 0.938. The summed E-state index contributed by atoms with van der Waals surface area (Å²) in [5.41, 5.74) is -0.562. The molecule has 1 rings (SSSR count). The summed E-state index contributed by atoms with van der Waals surface area (Å²) >= 11 is 1.29. The minimum atomic E-state index is -0.636. The van der Waals surface area contributed by atoms with Gasteiger partial charge in [-0.3, -0.25) is 10.7 Å². The summed E-state index contributed by atoms with van der Waals surface area (Å²) < 4.78 is 4.99. The zero-order valence-corrected chi connectivity index (χ0v) is 9.64. The molecular weight excluding hydrogens is 214 g/mol. The standard InChI is InChI=1S/C9H13N3O2S/c1-9(2,3)14-8(13)12-6(10)7-11-4-5-15-7/h4-5H,1-3H3,(H2,10,12,13). The summed E-state index contributed by atoms with van der Waals surface area (Å²) in [6, 6.07) is 0. The fourth-order valence-electron chi connectivity index (χ4n) is 0.806. The van der Waals surface area contributed by atoms with Crippen LogP contribution >= 0.6 is 11.3 Å². The maximum absolute atomic E-state index is 11.3. The van der Waals surface area contributed by atoms with Crippen molar-refractivity contribution in [2.45, 2.75) is 26.4 Å². The first-order chi connectivity index (χ1) is 6.88. The molecule has 0 radical (unpaired) electrons. The number of alkyl carbamates (subject to hydrolysis) is 1. The lowest BCUT2D eigenvalue weighted by molar-refractivity contribution is 0.0563. The summed E-state index contributed by atoms with van der Waals surface area (Å²) in [5.74, 6) is -0.0424. The van der Waals surface area contributed by atoms with Crippen LogP contribution < -0.4 is 5.32 Å². The molecule has 5 nitrogen and oxygen atoms in total. The van der Waals surface area contributed by atoms with Crippen LogP contribution in [0.2, 0.25) is 0 Å². The first-order valence-corrected chi connectivity index (χ1v) is 5.25. The number of rotatable bonds is 1. The van der Waals surface area contributed by atoms with Gasteiger partial charge >= 0.3 is 6.09 Å². The predicted molar refractivity (Wildman–Crippen MR) is 58.3 cm³/mol. The molecule has 1 aromatic rings. The molecule has 1 aromatic heterocycles. The van der Waals surface area contributed by atoms with Gasteiger partial charge < -0.3 is 4.74 Å². The van der Waals surface area contributed by atoms with E-state index in [1.807, 2.05) is 0 Å². The van der Waals surface area contributed by atoms with Crippen molar-refractivity contribution < 1.29 is 9.53 Å². The van der Waals surface area contributed by atoms with E-state index in [2.05, 4.69) is 10.3 Å². The number of amides is 1. The second-order valence-electron chi connectivity index (χ2n) is 3.84. The highest BCUT2D eigenvalue weighted by molar-refractivity contribution is 7.11. The van der Waals surface area contributed by atoms with Crippen molar-refractivity contribution in [3.8, 4) is 0 Å². The Morgan fingerprint density at radius 3 is 2.73 bits per heavy atom. The van der Waals surface area contributed by atoms with Crippen LogP contribution in [0.25, 0.3) is 0 Å². The Morgan fingerprint density at radius 2 is 2.27 bits per heavy atom. The van der Waals surface area contributed by atoms with E-state index < -0.39 is 11.7 Å². The van der Waals surface area contributed by atoms with Crippen LogP contribution in [0.1, 0.15) is 25.8 Å². The minimum absolute atomic E-state index is 0.0424. The van der Waals surface area contributed by atoms with Crippen molar-refractivity contribution in [2.24, 2.45) is 0 Å². The number of carbonyl (C=O) groups is 1. The molecule has 0 bridgehead atoms. The second kappa shape index (κ2) is 4.39. The van der Waals surface area contributed by atoms with Crippen LogP contribution in [-0.2, 0) is 4.74 Å². The molecular formula is C9H13N3O2S. The summed E-state index contributed by atoms with van der Waals surface area (Å²) in [4.78, 5) is 15.2. The quantitative estimate of drug-likeness (QED) is 0.569. The highest BCUT2D eigenvalue weighted by Crippen LogP contribution is 2.07.